The molecule has 0 bridgehead atoms. The summed E-state index contributed by atoms with van der Waals surface area (Å²) in [6, 6.07) is 2.51. The second kappa shape index (κ2) is 5.57. The number of alkyl halides is 3. The van der Waals surface area contributed by atoms with Crippen LogP contribution in [0, 0.1) is 6.92 Å². The third-order valence-corrected chi connectivity index (χ3v) is 3.96. The molecule has 0 spiro atoms. The average molecular weight is 338 g/mol. The van der Waals surface area contributed by atoms with Gasteiger partial charge in [-0.3, -0.25) is 4.79 Å². The first-order chi connectivity index (χ1) is 9.67. The molecule has 0 heterocycles. The van der Waals surface area contributed by atoms with E-state index in [0.29, 0.717) is 11.1 Å². The van der Waals surface area contributed by atoms with Crippen molar-refractivity contribution in [1.29, 1.82) is 0 Å². The van der Waals surface area contributed by atoms with Gasteiger partial charge >= 0.3 is 15.6 Å². The summed E-state index contributed by atoms with van der Waals surface area (Å²) in [7, 11) is -5.77. The lowest BCUT2D eigenvalue weighted by Gasteiger charge is -2.24. The topological polar surface area (TPSA) is 60.4 Å². The van der Waals surface area contributed by atoms with Crippen molar-refractivity contribution in [3.05, 3.63) is 28.8 Å². The van der Waals surface area contributed by atoms with Crippen molar-refractivity contribution in [3.8, 4) is 5.75 Å². The average Bonchev–Trinajstić information content (AvgIpc) is 2.24. The second-order valence-electron chi connectivity index (χ2n) is 5.95. The highest BCUT2D eigenvalue weighted by Gasteiger charge is 2.49. The number of benzene rings is 1. The monoisotopic (exact) mass is 338 g/mol. The van der Waals surface area contributed by atoms with E-state index in [0.717, 1.165) is 6.07 Å². The molecule has 0 radical (unpaired) electrons. The van der Waals surface area contributed by atoms with Gasteiger partial charge in [0, 0.05) is 11.1 Å². The van der Waals surface area contributed by atoms with Crippen LogP contribution in [-0.4, -0.2) is 19.7 Å². The Hall–Kier alpha value is -1.57. The predicted octanol–water partition coefficient (Wildman–Crippen LogP) is 3.72. The van der Waals surface area contributed by atoms with Crippen molar-refractivity contribution in [2.45, 2.75) is 45.5 Å². The van der Waals surface area contributed by atoms with Crippen LogP contribution in [0.2, 0.25) is 0 Å². The van der Waals surface area contributed by atoms with Gasteiger partial charge in [-0.25, -0.2) is 0 Å². The van der Waals surface area contributed by atoms with Crippen LogP contribution < -0.4 is 4.18 Å². The molecule has 124 valence electrons. The molecule has 0 atom stereocenters. The summed E-state index contributed by atoms with van der Waals surface area (Å²) in [5.74, 6) is -0.694. The summed E-state index contributed by atoms with van der Waals surface area (Å²) >= 11 is 0. The first-order valence-corrected chi connectivity index (χ1v) is 7.74. The lowest BCUT2D eigenvalue weighted by molar-refractivity contribution is -0.0500. The van der Waals surface area contributed by atoms with E-state index in [1.807, 2.05) is 0 Å². The molecule has 8 heteroatoms. The minimum absolute atomic E-state index is 0.205. The van der Waals surface area contributed by atoms with Gasteiger partial charge in [0.15, 0.2) is 5.78 Å². The maximum atomic E-state index is 12.5. The van der Waals surface area contributed by atoms with Crippen LogP contribution in [0.5, 0.6) is 5.75 Å². The van der Waals surface area contributed by atoms with Crippen LogP contribution in [0.1, 0.15) is 49.2 Å². The summed E-state index contributed by atoms with van der Waals surface area (Å²) in [4.78, 5) is 11.6. The highest BCUT2D eigenvalue weighted by Crippen LogP contribution is 2.37. The van der Waals surface area contributed by atoms with Crippen LogP contribution in [0.15, 0.2) is 12.1 Å². The van der Waals surface area contributed by atoms with E-state index in [1.165, 1.54) is 19.9 Å². The fourth-order valence-corrected chi connectivity index (χ4v) is 2.35. The standard InChI is InChI=1S/C14H17F3O4S/c1-8-6-12(21-22(19,20)14(15,16)17)11(13(3,4)5)7-10(8)9(2)18/h6-7H,1-5H3. The number of aryl methyl sites for hydroxylation is 1. The fraction of sp³-hybridized carbons (Fsp3) is 0.500. The van der Waals surface area contributed by atoms with Gasteiger partial charge in [0.05, 0.1) is 0 Å². The van der Waals surface area contributed by atoms with E-state index in [1.54, 1.807) is 20.8 Å². The van der Waals surface area contributed by atoms with Crippen molar-refractivity contribution in [1.82, 2.24) is 0 Å². The minimum atomic E-state index is -5.77. The van der Waals surface area contributed by atoms with E-state index < -0.39 is 26.8 Å². The molecule has 1 aromatic rings. The zero-order valence-corrected chi connectivity index (χ0v) is 13.6. The molecule has 0 aliphatic heterocycles. The Bertz CT molecular complexity index is 698. The maximum Gasteiger partial charge on any atom is 0.534 e. The summed E-state index contributed by atoms with van der Waals surface area (Å²) in [5.41, 5.74) is -5.38. The number of hydrogen-bond donors (Lipinski definition) is 0. The molecule has 1 aromatic carbocycles. The summed E-state index contributed by atoms with van der Waals surface area (Å²) < 4.78 is 64.2. The molecule has 4 nitrogen and oxygen atoms in total. The summed E-state index contributed by atoms with van der Waals surface area (Å²) in [6.07, 6.45) is 0. The van der Waals surface area contributed by atoms with Crippen LogP contribution in [0.3, 0.4) is 0 Å². The first-order valence-electron chi connectivity index (χ1n) is 6.33. The number of halogens is 3. The van der Waals surface area contributed by atoms with Gasteiger partial charge < -0.3 is 4.18 Å². The third-order valence-electron chi connectivity index (χ3n) is 3.00. The number of hydrogen-bond acceptors (Lipinski definition) is 4. The van der Waals surface area contributed by atoms with E-state index in [-0.39, 0.29) is 11.3 Å². The zero-order valence-electron chi connectivity index (χ0n) is 12.8. The van der Waals surface area contributed by atoms with Gasteiger partial charge in [0.25, 0.3) is 0 Å². The van der Waals surface area contributed by atoms with Crippen molar-refractivity contribution >= 4 is 15.9 Å². The van der Waals surface area contributed by atoms with Crippen LogP contribution >= 0.6 is 0 Å². The Morgan fingerprint density at radius 2 is 1.64 bits per heavy atom. The van der Waals surface area contributed by atoms with Crippen molar-refractivity contribution in [2.75, 3.05) is 0 Å². The second-order valence-corrected chi connectivity index (χ2v) is 7.49. The third kappa shape index (κ3) is 3.79. The van der Waals surface area contributed by atoms with E-state index in [9.17, 15) is 26.4 Å². The highest BCUT2D eigenvalue weighted by atomic mass is 32.2. The van der Waals surface area contributed by atoms with Crippen molar-refractivity contribution < 1.29 is 30.6 Å². The molecule has 0 N–H and O–H groups in total. The van der Waals surface area contributed by atoms with Gasteiger partial charge in [-0.15, -0.1) is 0 Å². The molecule has 1 rings (SSSR count). The van der Waals surface area contributed by atoms with E-state index >= 15 is 0 Å². The number of carbonyl (C=O) groups is 1. The van der Waals surface area contributed by atoms with Crippen molar-refractivity contribution in [2.24, 2.45) is 0 Å². The molecule has 22 heavy (non-hydrogen) atoms. The van der Waals surface area contributed by atoms with E-state index in [2.05, 4.69) is 4.18 Å². The first kappa shape index (κ1) is 18.5. The smallest absolute Gasteiger partial charge is 0.376 e. The number of carbonyl (C=O) groups excluding carboxylic acids is 1. The molecule has 0 saturated carbocycles. The van der Waals surface area contributed by atoms with E-state index in [4.69, 9.17) is 0 Å². The Balaban J connectivity index is 3.55. The van der Waals surface area contributed by atoms with Gasteiger partial charge in [0.2, 0.25) is 0 Å². The minimum Gasteiger partial charge on any atom is -0.376 e. The summed E-state index contributed by atoms with van der Waals surface area (Å²) in [5, 5.41) is 0. The van der Waals surface area contributed by atoms with Crippen LogP contribution in [0.25, 0.3) is 0 Å². The molecule has 0 amide bonds. The zero-order chi connectivity index (χ0) is 17.5. The molecule has 0 saturated heterocycles. The number of ketones is 1. The quantitative estimate of drug-likeness (QED) is 0.479. The van der Waals surface area contributed by atoms with Gasteiger partial charge in [-0.1, -0.05) is 20.8 Å². The van der Waals surface area contributed by atoms with Crippen LogP contribution in [0.4, 0.5) is 13.2 Å². The van der Waals surface area contributed by atoms with Gasteiger partial charge in [-0.2, -0.15) is 21.6 Å². The Morgan fingerprint density at radius 1 is 1.14 bits per heavy atom. The van der Waals surface area contributed by atoms with Gasteiger partial charge in [-0.05, 0) is 37.0 Å². The molecule has 0 aliphatic carbocycles. The predicted molar refractivity (Wildman–Crippen MR) is 75.5 cm³/mol. The SMILES string of the molecule is CC(=O)c1cc(C(C)(C)C)c(OS(=O)(=O)C(F)(F)F)cc1C. The normalized spacial score (nSPS) is 13.1. The molecule has 0 fully saturated rings. The molecule has 0 aliphatic rings. The van der Waals surface area contributed by atoms with Gasteiger partial charge in [0.1, 0.15) is 5.75 Å². The molecular weight excluding hydrogens is 321 g/mol. The Labute approximate surface area is 127 Å². The molecule has 0 aromatic heterocycles. The Morgan fingerprint density at radius 3 is 2.00 bits per heavy atom. The molecule has 0 unspecified atom stereocenters. The maximum absolute atomic E-state index is 12.5. The lowest BCUT2D eigenvalue weighted by Crippen LogP contribution is -2.29. The van der Waals surface area contributed by atoms with Crippen LogP contribution in [-0.2, 0) is 15.5 Å². The summed E-state index contributed by atoms with van der Waals surface area (Å²) in [6.45, 7) is 7.84. The van der Waals surface area contributed by atoms with Crippen molar-refractivity contribution in [3.63, 3.8) is 0 Å². The number of Topliss-reactive ketones (excluding diaryl/α,β-unsaturated/α-hetero) is 1. The largest absolute Gasteiger partial charge is 0.534 e. The highest BCUT2D eigenvalue weighted by molar-refractivity contribution is 7.88. The Kier molecular flexibility index (Phi) is 4.68. The molecular formula is C14H17F3O4S. The fourth-order valence-electron chi connectivity index (χ4n) is 1.88. The number of rotatable bonds is 3. The lowest BCUT2D eigenvalue weighted by atomic mass is 9.84.